The van der Waals surface area contributed by atoms with Crippen LogP contribution in [0.5, 0.6) is 5.75 Å². The number of pyridine rings is 1. The summed E-state index contributed by atoms with van der Waals surface area (Å²) in [5, 5.41) is 0.985. The zero-order valence-electron chi connectivity index (χ0n) is 17.5. The summed E-state index contributed by atoms with van der Waals surface area (Å²) in [6, 6.07) is 18.1. The van der Waals surface area contributed by atoms with Gasteiger partial charge in [0, 0.05) is 24.0 Å². The minimum atomic E-state index is 0.0636. The van der Waals surface area contributed by atoms with Crippen molar-refractivity contribution >= 4 is 16.8 Å². The molecule has 1 aliphatic rings. The van der Waals surface area contributed by atoms with Gasteiger partial charge in [-0.25, -0.2) is 4.98 Å². The van der Waals surface area contributed by atoms with Crippen molar-refractivity contribution in [1.29, 1.82) is 0 Å². The Morgan fingerprint density at radius 2 is 1.70 bits per heavy atom. The molecule has 2 heterocycles. The number of rotatable bonds is 7. The number of hydrogen-bond donors (Lipinski definition) is 0. The van der Waals surface area contributed by atoms with Gasteiger partial charge in [0.1, 0.15) is 19.0 Å². The molecule has 5 nitrogen and oxygen atoms in total. The number of benzene rings is 2. The van der Waals surface area contributed by atoms with Gasteiger partial charge in [0.15, 0.2) is 0 Å². The lowest BCUT2D eigenvalue weighted by Crippen LogP contribution is -2.37. The Morgan fingerprint density at radius 3 is 2.50 bits per heavy atom. The second-order valence-electron chi connectivity index (χ2n) is 7.74. The first-order valence-corrected chi connectivity index (χ1v) is 10.6. The largest absolute Gasteiger partial charge is 0.488 e. The zero-order valence-corrected chi connectivity index (χ0v) is 17.5. The van der Waals surface area contributed by atoms with Crippen molar-refractivity contribution < 1.29 is 14.3 Å². The Bertz CT molecular complexity index is 998. The lowest BCUT2D eigenvalue weighted by molar-refractivity contribution is -0.137. The van der Waals surface area contributed by atoms with Crippen LogP contribution in [0, 0.1) is 6.92 Å². The number of ether oxygens (including phenoxy) is 2. The van der Waals surface area contributed by atoms with E-state index in [9.17, 15) is 4.79 Å². The molecule has 1 aromatic heterocycles. The summed E-state index contributed by atoms with van der Waals surface area (Å²) in [4.78, 5) is 19.0. The van der Waals surface area contributed by atoms with E-state index in [1.807, 2.05) is 54.3 Å². The van der Waals surface area contributed by atoms with Crippen molar-refractivity contribution in [1.82, 2.24) is 9.88 Å². The number of para-hydroxylation sites is 1. The van der Waals surface area contributed by atoms with Gasteiger partial charge >= 0.3 is 0 Å². The maximum absolute atomic E-state index is 12.4. The van der Waals surface area contributed by atoms with Gasteiger partial charge in [0.25, 0.3) is 0 Å². The molecule has 0 atom stereocenters. The number of hydrogen-bond acceptors (Lipinski definition) is 4. The van der Waals surface area contributed by atoms with E-state index in [4.69, 9.17) is 14.5 Å². The van der Waals surface area contributed by atoms with Crippen molar-refractivity contribution in [2.24, 2.45) is 0 Å². The highest BCUT2D eigenvalue weighted by molar-refractivity contribution is 5.86. The fraction of sp³-hybridized carbons (Fsp3) is 0.360. The quantitative estimate of drug-likeness (QED) is 0.575. The van der Waals surface area contributed by atoms with Crippen LogP contribution in [0.1, 0.15) is 36.1 Å². The molecular formula is C25H28N2O3. The first-order valence-electron chi connectivity index (χ1n) is 10.6. The van der Waals surface area contributed by atoms with Crippen molar-refractivity contribution in [2.45, 2.75) is 39.4 Å². The minimum Gasteiger partial charge on any atom is -0.488 e. The first kappa shape index (κ1) is 20.4. The molecule has 2 aromatic carbocycles. The summed E-state index contributed by atoms with van der Waals surface area (Å²) >= 11 is 0. The summed E-state index contributed by atoms with van der Waals surface area (Å²) < 4.78 is 12.0. The van der Waals surface area contributed by atoms with Crippen LogP contribution in [0.3, 0.4) is 0 Å². The van der Waals surface area contributed by atoms with Gasteiger partial charge < -0.3 is 14.4 Å². The van der Waals surface area contributed by atoms with E-state index in [1.165, 1.54) is 6.42 Å². The predicted octanol–water partition coefficient (Wildman–Crippen LogP) is 4.65. The predicted molar refractivity (Wildman–Crippen MR) is 117 cm³/mol. The van der Waals surface area contributed by atoms with E-state index in [2.05, 4.69) is 12.1 Å². The van der Waals surface area contributed by atoms with Crippen molar-refractivity contribution in [3.63, 3.8) is 0 Å². The minimum absolute atomic E-state index is 0.0636. The summed E-state index contributed by atoms with van der Waals surface area (Å²) in [5.41, 5.74) is 3.74. The average molecular weight is 405 g/mol. The highest BCUT2D eigenvalue weighted by atomic mass is 16.5. The van der Waals surface area contributed by atoms with Crippen LogP contribution >= 0.6 is 0 Å². The molecule has 0 radical (unpaired) electrons. The molecule has 0 bridgehead atoms. The van der Waals surface area contributed by atoms with Crippen LogP contribution in [0.25, 0.3) is 10.9 Å². The zero-order chi connectivity index (χ0) is 20.8. The average Bonchev–Trinajstić information content (AvgIpc) is 2.80. The van der Waals surface area contributed by atoms with Crippen LogP contribution in [0.4, 0.5) is 0 Å². The van der Waals surface area contributed by atoms with E-state index in [0.29, 0.717) is 6.61 Å². The molecule has 1 saturated heterocycles. The summed E-state index contributed by atoms with van der Waals surface area (Å²) in [6.07, 6.45) is 3.37. The second kappa shape index (κ2) is 9.72. The van der Waals surface area contributed by atoms with Crippen LogP contribution < -0.4 is 4.74 Å². The maximum Gasteiger partial charge on any atom is 0.248 e. The molecule has 0 N–H and O–H groups in total. The van der Waals surface area contributed by atoms with Crippen molar-refractivity contribution in [3.8, 4) is 5.75 Å². The van der Waals surface area contributed by atoms with Crippen LogP contribution in [0.15, 0.2) is 54.6 Å². The van der Waals surface area contributed by atoms with Crippen LogP contribution in [-0.2, 0) is 22.7 Å². The molecule has 0 saturated carbocycles. The second-order valence-corrected chi connectivity index (χ2v) is 7.74. The number of amides is 1. The molecule has 1 amide bonds. The smallest absolute Gasteiger partial charge is 0.248 e. The molecule has 1 aliphatic heterocycles. The summed E-state index contributed by atoms with van der Waals surface area (Å²) in [6.45, 7) is 4.56. The number of fused-ring (bicyclic) bond motifs is 1. The molecular weight excluding hydrogens is 376 g/mol. The number of aromatic nitrogens is 1. The van der Waals surface area contributed by atoms with Gasteiger partial charge in [-0.15, -0.1) is 0 Å². The Balaban J connectivity index is 1.48. The number of likely N-dealkylation sites (tertiary alicyclic amines) is 1. The Kier molecular flexibility index (Phi) is 6.60. The van der Waals surface area contributed by atoms with Crippen molar-refractivity contribution in [3.05, 3.63) is 71.4 Å². The molecule has 0 spiro atoms. The number of carbonyl (C=O) groups excluding carboxylic acids is 1. The molecule has 4 rings (SSSR count). The van der Waals surface area contributed by atoms with Crippen molar-refractivity contribution in [2.75, 3.05) is 19.7 Å². The fourth-order valence-electron chi connectivity index (χ4n) is 3.85. The highest BCUT2D eigenvalue weighted by Crippen LogP contribution is 2.31. The summed E-state index contributed by atoms with van der Waals surface area (Å²) in [7, 11) is 0. The summed E-state index contributed by atoms with van der Waals surface area (Å²) in [5.74, 6) is 0.888. The first-order chi connectivity index (χ1) is 14.7. The molecule has 5 heteroatoms. The van der Waals surface area contributed by atoms with E-state index in [0.717, 1.165) is 59.4 Å². The maximum atomic E-state index is 12.4. The number of carbonyl (C=O) groups is 1. The standard InChI is InChI=1S/C25H28N2O3/c1-19-23(17-29-18-24(28)27-14-8-3-9-15-27)26-22-13-7-6-12-21(22)25(19)30-16-20-10-4-2-5-11-20/h2,4-7,10-13H,3,8-9,14-18H2,1H3. The van der Waals surface area contributed by atoms with Gasteiger partial charge in [-0.1, -0.05) is 42.5 Å². The van der Waals surface area contributed by atoms with E-state index >= 15 is 0 Å². The topological polar surface area (TPSA) is 51.7 Å². The van der Waals surface area contributed by atoms with Gasteiger partial charge in [0.05, 0.1) is 17.8 Å². The Labute approximate surface area is 177 Å². The number of nitrogens with zero attached hydrogens (tertiary/aromatic N) is 2. The van der Waals surface area contributed by atoms with Crippen LogP contribution in [0.2, 0.25) is 0 Å². The third-order valence-corrected chi connectivity index (χ3v) is 5.58. The molecule has 0 unspecified atom stereocenters. The Morgan fingerprint density at radius 1 is 0.967 bits per heavy atom. The molecule has 3 aromatic rings. The Hall–Kier alpha value is -2.92. The van der Waals surface area contributed by atoms with Gasteiger partial charge in [-0.3, -0.25) is 4.79 Å². The van der Waals surface area contributed by atoms with Gasteiger partial charge in [-0.2, -0.15) is 0 Å². The molecule has 0 aliphatic carbocycles. The van der Waals surface area contributed by atoms with E-state index in [1.54, 1.807) is 0 Å². The third kappa shape index (κ3) is 4.79. The van der Waals surface area contributed by atoms with Gasteiger partial charge in [0.2, 0.25) is 5.91 Å². The monoisotopic (exact) mass is 404 g/mol. The lowest BCUT2D eigenvalue weighted by Gasteiger charge is -2.26. The number of piperidine rings is 1. The van der Waals surface area contributed by atoms with Gasteiger partial charge in [-0.05, 0) is 43.9 Å². The molecule has 156 valence electrons. The fourth-order valence-corrected chi connectivity index (χ4v) is 3.85. The van der Waals surface area contributed by atoms with Crippen LogP contribution in [-0.4, -0.2) is 35.5 Å². The normalized spacial score (nSPS) is 14.1. The molecule has 30 heavy (non-hydrogen) atoms. The SMILES string of the molecule is Cc1c(COCC(=O)N2CCCCC2)nc2ccccc2c1OCc1ccccc1. The third-order valence-electron chi connectivity index (χ3n) is 5.58. The van der Waals surface area contributed by atoms with E-state index in [-0.39, 0.29) is 19.1 Å². The lowest BCUT2D eigenvalue weighted by atomic mass is 10.1. The molecule has 1 fully saturated rings. The highest BCUT2D eigenvalue weighted by Gasteiger charge is 2.18. The van der Waals surface area contributed by atoms with E-state index < -0.39 is 0 Å².